The summed E-state index contributed by atoms with van der Waals surface area (Å²) in [6.45, 7) is 6.47. The molecule has 0 atom stereocenters. The molecular formula is C29H25FN6O3. The number of hydrogen-bond acceptors (Lipinski definition) is 5. The third-order valence-electron chi connectivity index (χ3n) is 6.67. The molecule has 0 spiro atoms. The SMILES string of the molecule is CC(C)(C)c1cc(NC(=O)Nc2ccc(-c3cccc4c3CNC4=O)cc2F)n(-c2ccc3oncc3c2)n1. The van der Waals surface area contributed by atoms with E-state index in [9.17, 15) is 9.59 Å². The van der Waals surface area contributed by atoms with Crippen LogP contribution in [0.5, 0.6) is 0 Å². The Morgan fingerprint density at radius 3 is 2.67 bits per heavy atom. The topological polar surface area (TPSA) is 114 Å². The Labute approximate surface area is 223 Å². The van der Waals surface area contributed by atoms with Crippen molar-refractivity contribution in [2.24, 2.45) is 0 Å². The molecule has 6 rings (SSSR count). The van der Waals surface area contributed by atoms with Crippen LogP contribution in [0, 0.1) is 5.82 Å². The molecule has 0 saturated carbocycles. The maximum absolute atomic E-state index is 15.1. The van der Waals surface area contributed by atoms with Crippen molar-refractivity contribution >= 4 is 34.4 Å². The van der Waals surface area contributed by atoms with Gasteiger partial charge in [-0.3, -0.25) is 10.1 Å². The minimum atomic E-state index is -0.621. The summed E-state index contributed by atoms with van der Waals surface area (Å²) in [6, 6.07) is 16.6. The predicted octanol–water partition coefficient (Wildman–Crippen LogP) is 6.00. The number of benzene rings is 3. The van der Waals surface area contributed by atoms with Crippen molar-refractivity contribution in [1.29, 1.82) is 0 Å². The van der Waals surface area contributed by atoms with E-state index in [1.54, 1.807) is 41.2 Å². The van der Waals surface area contributed by atoms with E-state index in [4.69, 9.17) is 9.62 Å². The van der Waals surface area contributed by atoms with Crippen molar-refractivity contribution in [2.75, 3.05) is 10.6 Å². The second-order valence-corrected chi connectivity index (χ2v) is 10.4. The molecular weight excluding hydrogens is 499 g/mol. The molecule has 39 heavy (non-hydrogen) atoms. The number of fused-ring (bicyclic) bond motifs is 2. The zero-order valence-corrected chi connectivity index (χ0v) is 21.5. The van der Waals surface area contributed by atoms with Crippen LogP contribution in [0.3, 0.4) is 0 Å². The van der Waals surface area contributed by atoms with Gasteiger partial charge in [-0.2, -0.15) is 5.10 Å². The Bertz CT molecular complexity index is 1760. The molecule has 0 saturated heterocycles. The van der Waals surface area contributed by atoms with Crippen molar-refractivity contribution in [2.45, 2.75) is 32.7 Å². The third kappa shape index (κ3) is 4.50. The lowest BCUT2D eigenvalue weighted by Crippen LogP contribution is -2.22. The molecule has 0 unspecified atom stereocenters. The second kappa shape index (κ2) is 9.09. The molecule has 3 amide bonds. The maximum atomic E-state index is 15.1. The van der Waals surface area contributed by atoms with Gasteiger partial charge in [0.05, 0.1) is 23.3 Å². The Kier molecular flexibility index (Phi) is 5.67. The zero-order chi connectivity index (χ0) is 27.3. The molecule has 1 aliphatic heterocycles. The number of carbonyl (C=O) groups excluding carboxylic acids is 2. The van der Waals surface area contributed by atoms with Crippen molar-refractivity contribution in [3.8, 4) is 16.8 Å². The standard InChI is InChI=1S/C29H25FN6O3/c1-29(2,3)25-13-26(36(35-25)18-8-10-24-17(11-18)14-32-39-24)34-28(38)33-23-9-7-16(12-22(23)30)19-5-4-6-20-21(19)15-31-27(20)37/h4-14H,15H2,1-3H3,(H,31,37)(H2,33,34,38). The van der Waals surface area contributed by atoms with Gasteiger partial charge >= 0.3 is 6.03 Å². The van der Waals surface area contributed by atoms with Crippen molar-refractivity contribution < 1.29 is 18.5 Å². The predicted molar refractivity (Wildman–Crippen MR) is 145 cm³/mol. The van der Waals surface area contributed by atoms with E-state index in [-0.39, 0.29) is 17.0 Å². The number of urea groups is 1. The molecule has 0 radical (unpaired) electrons. The number of hydrogen-bond donors (Lipinski definition) is 3. The minimum Gasteiger partial charge on any atom is -0.356 e. The highest BCUT2D eigenvalue weighted by atomic mass is 19.1. The molecule has 0 aliphatic carbocycles. The Balaban J connectivity index is 1.26. The van der Waals surface area contributed by atoms with Crippen LogP contribution in [-0.2, 0) is 12.0 Å². The van der Waals surface area contributed by atoms with Crippen LogP contribution in [0.1, 0.15) is 42.4 Å². The van der Waals surface area contributed by atoms with E-state index in [1.807, 2.05) is 39.0 Å². The molecule has 1 aliphatic rings. The number of anilines is 2. The third-order valence-corrected chi connectivity index (χ3v) is 6.67. The van der Waals surface area contributed by atoms with Crippen molar-refractivity contribution in [1.82, 2.24) is 20.3 Å². The fraction of sp³-hybridized carbons (Fsp3) is 0.172. The van der Waals surface area contributed by atoms with E-state index in [0.29, 0.717) is 34.8 Å². The lowest BCUT2D eigenvalue weighted by Gasteiger charge is -2.14. The first-order valence-electron chi connectivity index (χ1n) is 12.4. The van der Waals surface area contributed by atoms with E-state index < -0.39 is 11.8 Å². The van der Waals surface area contributed by atoms with Gasteiger partial charge in [0.1, 0.15) is 11.6 Å². The van der Waals surface area contributed by atoms with Crippen LogP contribution < -0.4 is 16.0 Å². The summed E-state index contributed by atoms with van der Waals surface area (Å²) >= 11 is 0. The molecule has 2 aromatic heterocycles. The molecule has 9 nitrogen and oxygen atoms in total. The molecule has 3 aromatic carbocycles. The fourth-order valence-electron chi connectivity index (χ4n) is 4.60. The summed E-state index contributed by atoms with van der Waals surface area (Å²) in [6.07, 6.45) is 1.61. The van der Waals surface area contributed by atoms with Gasteiger partial charge in [-0.15, -0.1) is 0 Å². The summed E-state index contributed by atoms with van der Waals surface area (Å²) in [7, 11) is 0. The molecule has 3 heterocycles. The van der Waals surface area contributed by atoms with Crippen LogP contribution in [0.15, 0.2) is 71.4 Å². The number of aromatic nitrogens is 3. The molecule has 3 N–H and O–H groups in total. The van der Waals surface area contributed by atoms with Crippen LogP contribution in [0.4, 0.5) is 20.7 Å². The number of carbonyl (C=O) groups is 2. The van der Waals surface area contributed by atoms with E-state index in [1.165, 1.54) is 12.1 Å². The largest absolute Gasteiger partial charge is 0.356 e. The van der Waals surface area contributed by atoms with Crippen molar-refractivity contribution in [3.63, 3.8) is 0 Å². The number of nitrogens with one attached hydrogen (secondary N) is 3. The molecule has 196 valence electrons. The Morgan fingerprint density at radius 1 is 1.05 bits per heavy atom. The van der Waals surface area contributed by atoms with Gasteiger partial charge in [0.2, 0.25) is 0 Å². The molecule has 0 fully saturated rings. The van der Waals surface area contributed by atoms with Gasteiger partial charge in [-0.1, -0.05) is 44.1 Å². The van der Waals surface area contributed by atoms with Gasteiger partial charge in [0.25, 0.3) is 5.91 Å². The number of nitrogens with zero attached hydrogens (tertiary/aromatic N) is 3. The summed E-state index contributed by atoms with van der Waals surface area (Å²) in [5, 5.41) is 17.5. The highest BCUT2D eigenvalue weighted by Crippen LogP contribution is 2.32. The molecule has 5 aromatic rings. The van der Waals surface area contributed by atoms with Crippen LogP contribution in [0.2, 0.25) is 0 Å². The molecule has 10 heteroatoms. The second-order valence-electron chi connectivity index (χ2n) is 10.4. The average molecular weight is 525 g/mol. The zero-order valence-electron chi connectivity index (χ0n) is 21.5. The monoisotopic (exact) mass is 524 g/mol. The summed E-state index contributed by atoms with van der Waals surface area (Å²) in [5.41, 5.74) is 4.64. The maximum Gasteiger partial charge on any atom is 0.324 e. The summed E-state index contributed by atoms with van der Waals surface area (Å²) < 4.78 is 21.9. The van der Waals surface area contributed by atoms with Gasteiger partial charge in [0, 0.05) is 29.0 Å². The number of halogens is 1. The van der Waals surface area contributed by atoms with Crippen LogP contribution in [0.25, 0.3) is 27.8 Å². The molecule has 0 bridgehead atoms. The average Bonchev–Trinajstić information content (AvgIpc) is 3.63. The van der Waals surface area contributed by atoms with E-state index in [2.05, 4.69) is 21.1 Å². The van der Waals surface area contributed by atoms with Gasteiger partial charge in [-0.05, 0) is 53.1 Å². The Hall–Kier alpha value is -4.99. The normalized spacial score (nSPS) is 12.9. The van der Waals surface area contributed by atoms with Gasteiger partial charge in [-0.25, -0.2) is 13.9 Å². The number of amides is 3. The number of rotatable bonds is 4. The Morgan fingerprint density at radius 2 is 1.87 bits per heavy atom. The smallest absolute Gasteiger partial charge is 0.324 e. The van der Waals surface area contributed by atoms with E-state index in [0.717, 1.165) is 22.2 Å². The highest BCUT2D eigenvalue weighted by molar-refractivity contribution is 6.01. The first-order chi connectivity index (χ1) is 18.7. The highest BCUT2D eigenvalue weighted by Gasteiger charge is 2.24. The summed E-state index contributed by atoms with van der Waals surface area (Å²) in [5.74, 6) is -0.320. The van der Waals surface area contributed by atoms with Gasteiger partial charge in [0.15, 0.2) is 5.58 Å². The lowest BCUT2D eigenvalue weighted by molar-refractivity contribution is 0.0965. The fourth-order valence-corrected chi connectivity index (χ4v) is 4.60. The quantitative estimate of drug-likeness (QED) is 0.267. The van der Waals surface area contributed by atoms with Crippen LogP contribution >= 0.6 is 0 Å². The lowest BCUT2D eigenvalue weighted by atomic mass is 9.92. The van der Waals surface area contributed by atoms with Crippen LogP contribution in [-0.4, -0.2) is 26.9 Å². The van der Waals surface area contributed by atoms with Crippen molar-refractivity contribution in [3.05, 3.63) is 89.5 Å². The first-order valence-corrected chi connectivity index (χ1v) is 12.4. The summed E-state index contributed by atoms with van der Waals surface area (Å²) in [4.78, 5) is 25.0. The first kappa shape index (κ1) is 24.4. The van der Waals surface area contributed by atoms with E-state index >= 15 is 4.39 Å². The minimum absolute atomic E-state index is 0.0195. The van der Waals surface area contributed by atoms with Gasteiger partial charge < -0.3 is 15.2 Å².